The first-order valence-corrected chi connectivity index (χ1v) is 9.73. The Morgan fingerprint density at radius 3 is 2.62 bits per heavy atom. The zero-order valence-electron chi connectivity index (χ0n) is 15.2. The molecule has 2 aromatic carbocycles. The van der Waals surface area contributed by atoms with Gasteiger partial charge < -0.3 is 5.11 Å². The Bertz CT molecular complexity index is 921. The van der Waals surface area contributed by atoms with Crippen molar-refractivity contribution >= 4 is 11.4 Å². The second kappa shape index (κ2) is 5.65. The largest absolute Gasteiger partial charge is 0.385 e. The predicted molar refractivity (Wildman–Crippen MR) is 103 cm³/mol. The summed E-state index contributed by atoms with van der Waals surface area (Å²) in [5.74, 6) is 0.539. The van der Waals surface area contributed by atoms with Gasteiger partial charge in [0.2, 0.25) is 0 Å². The molecule has 0 heterocycles. The van der Waals surface area contributed by atoms with Gasteiger partial charge in [-0.05, 0) is 60.8 Å². The molecule has 1 saturated carbocycles. The molecule has 0 amide bonds. The molecule has 5 rings (SSSR count). The van der Waals surface area contributed by atoms with Crippen molar-refractivity contribution < 1.29 is 9.90 Å². The number of allylic oxidation sites excluding steroid dienone is 1. The van der Waals surface area contributed by atoms with Gasteiger partial charge in [0.15, 0.2) is 5.78 Å². The molecule has 0 aromatic heterocycles. The first kappa shape index (κ1) is 16.0. The van der Waals surface area contributed by atoms with Crippen molar-refractivity contribution in [3.8, 4) is 0 Å². The van der Waals surface area contributed by atoms with Crippen LogP contribution in [0, 0.1) is 12.8 Å². The third kappa shape index (κ3) is 2.18. The van der Waals surface area contributed by atoms with Crippen molar-refractivity contribution in [2.24, 2.45) is 5.92 Å². The molecule has 1 fully saturated rings. The monoisotopic (exact) mass is 344 g/mol. The summed E-state index contributed by atoms with van der Waals surface area (Å²) in [4.78, 5) is 12.9. The van der Waals surface area contributed by atoms with Crippen LogP contribution >= 0.6 is 0 Å². The maximum absolute atomic E-state index is 12.9. The lowest BCUT2D eigenvalue weighted by Crippen LogP contribution is -2.46. The summed E-state index contributed by atoms with van der Waals surface area (Å²) in [6.45, 7) is 2.06. The molecule has 2 nitrogen and oxygen atoms in total. The highest BCUT2D eigenvalue weighted by atomic mass is 16.3. The van der Waals surface area contributed by atoms with Crippen molar-refractivity contribution in [1.29, 1.82) is 0 Å². The van der Waals surface area contributed by atoms with Gasteiger partial charge in [-0.25, -0.2) is 0 Å². The highest BCUT2D eigenvalue weighted by molar-refractivity contribution is 6.24. The Hall–Kier alpha value is -2.19. The van der Waals surface area contributed by atoms with E-state index in [0.717, 1.165) is 42.4 Å². The summed E-state index contributed by atoms with van der Waals surface area (Å²) in [6.07, 6.45) is 4.14. The molecule has 0 unspecified atom stereocenters. The molecule has 132 valence electrons. The topological polar surface area (TPSA) is 37.3 Å². The van der Waals surface area contributed by atoms with Gasteiger partial charge >= 0.3 is 0 Å². The number of Topliss-reactive ketones (excluding diaryl/α,β-unsaturated/α-hetero) is 1. The van der Waals surface area contributed by atoms with Gasteiger partial charge in [0.1, 0.15) is 0 Å². The lowest BCUT2D eigenvalue weighted by molar-refractivity contribution is -0.113. The van der Waals surface area contributed by atoms with Crippen LogP contribution in [0.15, 0.2) is 54.1 Å². The van der Waals surface area contributed by atoms with Crippen LogP contribution in [0.3, 0.4) is 0 Å². The van der Waals surface area contributed by atoms with Crippen LogP contribution in [-0.2, 0) is 11.2 Å². The Kier molecular flexibility index (Phi) is 3.48. The van der Waals surface area contributed by atoms with Crippen LogP contribution in [0.2, 0.25) is 0 Å². The Morgan fingerprint density at radius 2 is 1.81 bits per heavy atom. The van der Waals surface area contributed by atoms with Crippen LogP contribution < -0.4 is 0 Å². The molecule has 0 radical (unpaired) electrons. The second-order valence-corrected chi connectivity index (χ2v) is 8.23. The van der Waals surface area contributed by atoms with Gasteiger partial charge in [-0.1, -0.05) is 54.1 Å². The minimum Gasteiger partial charge on any atom is -0.385 e. The van der Waals surface area contributed by atoms with Gasteiger partial charge in [-0.2, -0.15) is 0 Å². The van der Waals surface area contributed by atoms with Gasteiger partial charge in [-0.3, -0.25) is 4.79 Å². The number of rotatable bonds is 1. The smallest absolute Gasteiger partial charge is 0.164 e. The summed E-state index contributed by atoms with van der Waals surface area (Å²) in [7, 11) is 0. The maximum Gasteiger partial charge on any atom is 0.164 e. The quantitative estimate of drug-likeness (QED) is 0.821. The van der Waals surface area contributed by atoms with Crippen molar-refractivity contribution in [2.75, 3.05) is 0 Å². The van der Waals surface area contributed by atoms with E-state index in [0.29, 0.717) is 6.42 Å². The van der Waals surface area contributed by atoms with E-state index in [1.54, 1.807) is 0 Å². The molecular formula is C24H24O2. The van der Waals surface area contributed by atoms with Gasteiger partial charge in [0.05, 0.1) is 5.60 Å². The Balaban J connectivity index is 1.70. The van der Waals surface area contributed by atoms with Gasteiger partial charge in [-0.15, -0.1) is 0 Å². The van der Waals surface area contributed by atoms with Gasteiger partial charge in [0.25, 0.3) is 0 Å². The molecule has 3 aliphatic rings. The zero-order valence-corrected chi connectivity index (χ0v) is 15.2. The summed E-state index contributed by atoms with van der Waals surface area (Å²) >= 11 is 0. The van der Waals surface area contributed by atoms with E-state index >= 15 is 0 Å². The number of hydrogen-bond acceptors (Lipinski definition) is 2. The average Bonchev–Trinajstić information content (AvgIpc) is 2.99. The number of carbonyl (C=O) groups excluding carboxylic acids is 1. The van der Waals surface area contributed by atoms with E-state index in [2.05, 4.69) is 43.3 Å². The number of carbonyl (C=O) groups is 1. The molecular weight excluding hydrogens is 320 g/mol. The number of hydrogen-bond donors (Lipinski definition) is 1. The van der Waals surface area contributed by atoms with Crippen molar-refractivity contribution in [3.63, 3.8) is 0 Å². The molecule has 26 heavy (non-hydrogen) atoms. The van der Waals surface area contributed by atoms with Gasteiger partial charge in [0, 0.05) is 17.9 Å². The van der Waals surface area contributed by atoms with Crippen LogP contribution in [0.1, 0.15) is 53.9 Å². The highest BCUT2D eigenvalue weighted by Gasteiger charge is 2.53. The fourth-order valence-electron chi connectivity index (χ4n) is 5.58. The lowest BCUT2D eigenvalue weighted by atomic mass is 9.60. The van der Waals surface area contributed by atoms with Crippen LogP contribution in [0.4, 0.5) is 0 Å². The third-order valence-electron chi connectivity index (χ3n) is 6.78. The van der Waals surface area contributed by atoms with E-state index in [-0.39, 0.29) is 17.6 Å². The first-order chi connectivity index (χ1) is 12.6. The standard InChI is InChI=1S/C24H24O2/c1-15-6-8-17(9-7-15)22-21(25)14-18-10-11-20-19-5-3-2-4-16(19)12-13-24(20,26)23(18)22/h2-9,18,20,26H,10-14H2,1H3/t18-,20-,24+/m1/s1. The van der Waals surface area contributed by atoms with E-state index in [1.165, 1.54) is 16.7 Å². The molecule has 1 N–H and O–H groups in total. The highest BCUT2D eigenvalue weighted by Crippen LogP contribution is 2.57. The third-order valence-corrected chi connectivity index (χ3v) is 6.78. The van der Waals surface area contributed by atoms with Crippen LogP contribution in [0.5, 0.6) is 0 Å². The number of aliphatic hydroxyl groups is 1. The normalized spacial score (nSPS) is 30.0. The molecule has 0 aliphatic heterocycles. The fraction of sp³-hybridized carbons (Fsp3) is 0.375. The molecule has 2 aromatic rings. The average molecular weight is 344 g/mol. The Labute approximate surface area is 154 Å². The fourth-order valence-corrected chi connectivity index (χ4v) is 5.58. The number of ketones is 1. The summed E-state index contributed by atoms with van der Waals surface area (Å²) in [6, 6.07) is 16.7. The second-order valence-electron chi connectivity index (χ2n) is 8.23. The number of benzene rings is 2. The minimum atomic E-state index is -0.871. The molecule has 3 atom stereocenters. The molecule has 0 saturated heterocycles. The molecule has 3 aliphatic carbocycles. The van der Waals surface area contributed by atoms with Crippen molar-refractivity contribution in [2.45, 2.75) is 50.5 Å². The van der Waals surface area contributed by atoms with E-state index < -0.39 is 5.60 Å². The van der Waals surface area contributed by atoms with Crippen molar-refractivity contribution in [3.05, 3.63) is 76.4 Å². The van der Waals surface area contributed by atoms with Crippen LogP contribution in [0.25, 0.3) is 5.57 Å². The van der Waals surface area contributed by atoms with E-state index in [9.17, 15) is 9.90 Å². The first-order valence-electron chi connectivity index (χ1n) is 9.73. The maximum atomic E-state index is 12.9. The minimum absolute atomic E-state index is 0.116. The predicted octanol–water partition coefficient (Wildman–Crippen LogP) is 4.59. The van der Waals surface area contributed by atoms with E-state index in [4.69, 9.17) is 0 Å². The summed E-state index contributed by atoms with van der Waals surface area (Å²) in [5, 5.41) is 11.9. The van der Waals surface area contributed by atoms with Crippen LogP contribution in [-0.4, -0.2) is 16.5 Å². The zero-order chi connectivity index (χ0) is 17.9. The Morgan fingerprint density at radius 1 is 1.04 bits per heavy atom. The summed E-state index contributed by atoms with van der Waals surface area (Å²) < 4.78 is 0. The SMILES string of the molecule is Cc1ccc(C2=C3[C@H](CC[C@@H]4c5ccccc5CC[C@@]34O)CC2=O)cc1. The molecule has 2 heteroatoms. The summed E-state index contributed by atoms with van der Waals surface area (Å²) in [5.41, 5.74) is 5.79. The van der Waals surface area contributed by atoms with Crippen molar-refractivity contribution in [1.82, 2.24) is 0 Å². The van der Waals surface area contributed by atoms with E-state index in [1.807, 2.05) is 12.1 Å². The number of aryl methyl sites for hydroxylation is 2. The number of fused-ring (bicyclic) bond motifs is 5. The lowest BCUT2D eigenvalue weighted by Gasteiger charge is -2.48. The molecule has 0 spiro atoms. The molecule has 0 bridgehead atoms.